The number of nitro benzene ring substituents is 1. The van der Waals surface area contributed by atoms with E-state index in [0.717, 1.165) is 6.42 Å². The van der Waals surface area contributed by atoms with Crippen molar-refractivity contribution in [1.29, 1.82) is 0 Å². The van der Waals surface area contributed by atoms with E-state index in [1.165, 1.54) is 30.7 Å². The van der Waals surface area contributed by atoms with E-state index in [2.05, 4.69) is 20.8 Å². The number of nitrogens with zero attached hydrogens (tertiary/aromatic N) is 1. The van der Waals surface area contributed by atoms with Crippen LogP contribution in [0.15, 0.2) is 24.3 Å². The van der Waals surface area contributed by atoms with Crippen molar-refractivity contribution in [3.8, 4) is 0 Å². The fourth-order valence-electron chi connectivity index (χ4n) is 4.18. The average Bonchev–Trinajstić information content (AvgIpc) is 2.48. The molecule has 2 bridgehead atoms. The average molecular weight is 303 g/mol. The maximum absolute atomic E-state index is 12.2. The third-order valence-electron chi connectivity index (χ3n) is 5.86. The Bertz CT molecular complexity index is 608. The lowest BCUT2D eigenvalue weighted by atomic mass is 9.45. The van der Waals surface area contributed by atoms with Crippen LogP contribution >= 0.6 is 0 Å². The van der Waals surface area contributed by atoms with E-state index < -0.39 is 4.92 Å². The van der Waals surface area contributed by atoms with Gasteiger partial charge >= 0.3 is 5.97 Å². The van der Waals surface area contributed by atoms with E-state index in [9.17, 15) is 14.9 Å². The second kappa shape index (κ2) is 5.07. The van der Waals surface area contributed by atoms with Gasteiger partial charge in [-0.1, -0.05) is 20.8 Å². The summed E-state index contributed by atoms with van der Waals surface area (Å²) in [6, 6.07) is 5.58. The predicted octanol–water partition coefficient (Wildman–Crippen LogP) is 3.82. The van der Waals surface area contributed by atoms with Crippen LogP contribution in [-0.2, 0) is 4.74 Å². The lowest BCUT2D eigenvalue weighted by Crippen LogP contribution is -2.57. The monoisotopic (exact) mass is 303 g/mol. The van der Waals surface area contributed by atoms with Gasteiger partial charge < -0.3 is 4.74 Å². The smallest absolute Gasteiger partial charge is 0.338 e. The quantitative estimate of drug-likeness (QED) is 0.483. The molecule has 1 aromatic rings. The molecule has 0 radical (unpaired) electrons. The molecular formula is C17H21NO4. The number of rotatable bonds is 3. The summed E-state index contributed by atoms with van der Waals surface area (Å²) < 4.78 is 5.68. The molecule has 22 heavy (non-hydrogen) atoms. The molecular weight excluding hydrogens is 282 g/mol. The molecule has 0 saturated heterocycles. The minimum Gasteiger partial charge on any atom is -0.458 e. The summed E-state index contributed by atoms with van der Waals surface area (Å²) in [4.78, 5) is 22.4. The van der Waals surface area contributed by atoms with Gasteiger partial charge in [-0.05, 0) is 48.1 Å². The largest absolute Gasteiger partial charge is 0.458 e. The fourth-order valence-corrected chi connectivity index (χ4v) is 4.18. The number of hydrogen-bond donors (Lipinski definition) is 0. The van der Waals surface area contributed by atoms with Gasteiger partial charge in [-0.3, -0.25) is 10.1 Å². The van der Waals surface area contributed by atoms with Gasteiger partial charge in [0.15, 0.2) is 0 Å². The normalized spacial score (nSPS) is 32.0. The molecule has 0 amide bonds. The SMILES string of the molecule is C[C@H]1[C@H]2C[C@@H](C[C@H]1OC(=O)c1ccc([N+](=O)[O-])cc1)C2(C)C. The molecule has 0 aromatic heterocycles. The van der Waals surface area contributed by atoms with Gasteiger partial charge in [0.05, 0.1) is 10.5 Å². The summed E-state index contributed by atoms with van der Waals surface area (Å²) in [6.07, 6.45) is 2.11. The first-order valence-electron chi connectivity index (χ1n) is 7.76. The molecule has 0 N–H and O–H groups in total. The molecule has 4 atom stereocenters. The Morgan fingerprint density at radius 2 is 1.91 bits per heavy atom. The molecule has 0 spiro atoms. The number of fused-ring (bicyclic) bond motifs is 2. The van der Waals surface area contributed by atoms with Crippen molar-refractivity contribution in [3.05, 3.63) is 39.9 Å². The third-order valence-corrected chi connectivity index (χ3v) is 5.86. The lowest BCUT2D eigenvalue weighted by molar-refractivity contribution is -0.384. The summed E-state index contributed by atoms with van der Waals surface area (Å²) >= 11 is 0. The van der Waals surface area contributed by atoms with Crippen molar-refractivity contribution < 1.29 is 14.5 Å². The predicted molar refractivity (Wildman–Crippen MR) is 81.5 cm³/mol. The molecule has 0 heterocycles. The molecule has 118 valence electrons. The number of carbonyl (C=O) groups excluding carboxylic acids is 1. The number of non-ortho nitro benzene ring substituents is 1. The first kappa shape index (κ1) is 15.0. The molecule has 0 aliphatic heterocycles. The van der Waals surface area contributed by atoms with E-state index in [1.807, 2.05) is 0 Å². The Labute approximate surface area is 129 Å². The molecule has 0 unspecified atom stereocenters. The molecule has 5 nitrogen and oxygen atoms in total. The van der Waals surface area contributed by atoms with Gasteiger partial charge in [0.2, 0.25) is 0 Å². The number of carbonyl (C=O) groups is 1. The molecule has 3 fully saturated rings. The van der Waals surface area contributed by atoms with Crippen LogP contribution in [0, 0.1) is 33.3 Å². The highest BCUT2D eigenvalue weighted by molar-refractivity contribution is 5.89. The Morgan fingerprint density at radius 3 is 2.41 bits per heavy atom. The Hall–Kier alpha value is -1.91. The minimum atomic E-state index is -0.478. The summed E-state index contributed by atoms with van der Waals surface area (Å²) in [5, 5.41) is 10.6. The highest BCUT2D eigenvalue weighted by Gasteiger charge is 2.57. The molecule has 3 aliphatic carbocycles. The lowest BCUT2D eigenvalue weighted by Gasteiger charge is -2.61. The van der Waals surface area contributed by atoms with Crippen LogP contribution in [0.1, 0.15) is 44.0 Å². The van der Waals surface area contributed by atoms with Crippen LogP contribution < -0.4 is 0 Å². The van der Waals surface area contributed by atoms with Crippen molar-refractivity contribution >= 4 is 11.7 Å². The van der Waals surface area contributed by atoms with Crippen LogP contribution in [0.3, 0.4) is 0 Å². The highest BCUT2D eigenvalue weighted by Crippen LogP contribution is 2.61. The van der Waals surface area contributed by atoms with E-state index in [1.54, 1.807) is 0 Å². The van der Waals surface area contributed by atoms with Crippen molar-refractivity contribution in [2.45, 2.75) is 39.7 Å². The highest BCUT2D eigenvalue weighted by atomic mass is 16.6. The van der Waals surface area contributed by atoms with Gasteiger partial charge in [0.25, 0.3) is 5.69 Å². The number of hydrogen-bond acceptors (Lipinski definition) is 4. The standard InChI is InChI=1S/C17H21NO4/c1-10-14-8-12(17(14,2)3)9-15(10)22-16(19)11-4-6-13(7-5-11)18(20)21/h4-7,10,12,14-15H,8-9H2,1-3H3/t10-,12-,14+,15+/m0/s1. The first-order valence-corrected chi connectivity index (χ1v) is 7.76. The molecule has 5 heteroatoms. The van der Waals surface area contributed by atoms with Gasteiger partial charge in [-0.15, -0.1) is 0 Å². The second-order valence-electron chi connectivity index (χ2n) is 7.20. The van der Waals surface area contributed by atoms with Crippen LogP contribution in [0.2, 0.25) is 0 Å². The van der Waals surface area contributed by atoms with Crippen molar-refractivity contribution in [2.75, 3.05) is 0 Å². The zero-order chi connectivity index (χ0) is 16.1. The fraction of sp³-hybridized carbons (Fsp3) is 0.588. The first-order chi connectivity index (χ1) is 10.3. The zero-order valence-corrected chi connectivity index (χ0v) is 13.1. The molecule has 3 saturated carbocycles. The van der Waals surface area contributed by atoms with Gasteiger partial charge in [-0.2, -0.15) is 0 Å². The molecule has 4 rings (SSSR count). The van der Waals surface area contributed by atoms with Crippen molar-refractivity contribution in [3.63, 3.8) is 0 Å². The number of nitro groups is 1. The van der Waals surface area contributed by atoms with Crippen LogP contribution in [0.5, 0.6) is 0 Å². The van der Waals surface area contributed by atoms with Gasteiger partial charge in [-0.25, -0.2) is 4.79 Å². The Balaban J connectivity index is 1.66. The van der Waals surface area contributed by atoms with E-state index >= 15 is 0 Å². The van der Waals surface area contributed by atoms with Gasteiger partial charge in [0, 0.05) is 12.1 Å². The third kappa shape index (κ3) is 2.28. The Morgan fingerprint density at radius 1 is 1.27 bits per heavy atom. The minimum absolute atomic E-state index is 0.0226. The molecule has 1 aromatic carbocycles. The topological polar surface area (TPSA) is 69.4 Å². The van der Waals surface area contributed by atoms with Crippen molar-refractivity contribution in [1.82, 2.24) is 0 Å². The summed E-state index contributed by atoms with van der Waals surface area (Å²) in [5.41, 5.74) is 0.706. The van der Waals surface area contributed by atoms with Crippen LogP contribution in [0.25, 0.3) is 0 Å². The maximum Gasteiger partial charge on any atom is 0.338 e. The van der Waals surface area contributed by atoms with E-state index in [-0.39, 0.29) is 17.8 Å². The number of ether oxygens (including phenoxy) is 1. The van der Waals surface area contributed by atoms with Crippen LogP contribution in [0.4, 0.5) is 5.69 Å². The van der Waals surface area contributed by atoms with E-state index in [0.29, 0.717) is 28.7 Å². The maximum atomic E-state index is 12.2. The Kier molecular flexibility index (Phi) is 3.46. The second-order valence-corrected chi connectivity index (χ2v) is 7.20. The van der Waals surface area contributed by atoms with Crippen LogP contribution in [-0.4, -0.2) is 17.0 Å². The number of benzene rings is 1. The summed E-state index contributed by atoms with van der Waals surface area (Å²) in [6.45, 7) is 6.77. The number of esters is 1. The molecule has 3 aliphatic rings. The summed E-state index contributed by atoms with van der Waals surface area (Å²) in [5.74, 6) is 1.22. The van der Waals surface area contributed by atoms with Gasteiger partial charge in [0.1, 0.15) is 6.10 Å². The van der Waals surface area contributed by atoms with Crippen molar-refractivity contribution in [2.24, 2.45) is 23.2 Å². The zero-order valence-electron chi connectivity index (χ0n) is 13.1. The summed E-state index contributed by atoms with van der Waals surface area (Å²) in [7, 11) is 0. The van der Waals surface area contributed by atoms with E-state index in [4.69, 9.17) is 4.74 Å².